The first kappa shape index (κ1) is 22.6. The standard InChI is InChI=1S/C28H22N2O4S/c1-17-26(35-27(29-17)18-10-5-3-6-11-18)24(31)22-23(19-12-9-15-21(16-19)34-2)30(28(33)25(22)32)20-13-7-4-8-14-20/h3-16,23,32H,1-2H3. The third-order valence-electron chi connectivity index (χ3n) is 5.92. The lowest BCUT2D eigenvalue weighted by Gasteiger charge is -2.27. The number of para-hydroxylation sites is 1. The van der Waals surface area contributed by atoms with Gasteiger partial charge in [-0.1, -0.05) is 60.7 Å². The summed E-state index contributed by atoms with van der Waals surface area (Å²) in [4.78, 5) is 33.7. The van der Waals surface area contributed by atoms with Crippen molar-refractivity contribution in [3.63, 3.8) is 0 Å². The van der Waals surface area contributed by atoms with Crippen LogP contribution in [0, 0.1) is 6.92 Å². The van der Waals surface area contributed by atoms with Gasteiger partial charge in [0.15, 0.2) is 5.76 Å². The van der Waals surface area contributed by atoms with Gasteiger partial charge < -0.3 is 9.84 Å². The Bertz CT molecular complexity index is 1440. The van der Waals surface area contributed by atoms with E-state index in [9.17, 15) is 14.7 Å². The monoisotopic (exact) mass is 482 g/mol. The van der Waals surface area contributed by atoms with Gasteiger partial charge in [0, 0.05) is 11.3 Å². The molecule has 174 valence electrons. The molecular weight excluding hydrogens is 460 g/mol. The maximum Gasteiger partial charge on any atom is 0.294 e. The number of ketones is 1. The fraction of sp³-hybridized carbons (Fsp3) is 0.107. The van der Waals surface area contributed by atoms with Crippen molar-refractivity contribution in [3.8, 4) is 16.3 Å². The number of aliphatic hydroxyl groups is 1. The van der Waals surface area contributed by atoms with Gasteiger partial charge in [0.05, 0.1) is 29.3 Å². The number of methoxy groups -OCH3 is 1. The van der Waals surface area contributed by atoms with Gasteiger partial charge in [-0.15, -0.1) is 11.3 Å². The predicted molar refractivity (Wildman–Crippen MR) is 136 cm³/mol. The predicted octanol–water partition coefficient (Wildman–Crippen LogP) is 5.91. The highest BCUT2D eigenvalue weighted by atomic mass is 32.1. The van der Waals surface area contributed by atoms with E-state index in [-0.39, 0.29) is 5.57 Å². The highest BCUT2D eigenvalue weighted by Gasteiger charge is 2.45. The van der Waals surface area contributed by atoms with Crippen LogP contribution in [-0.4, -0.2) is 28.9 Å². The smallest absolute Gasteiger partial charge is 0.294 e. The molecular formula is C28H22N2O4S. The number of hydrogen-bond donors (Lipinski definition) is 1. The Morgan fingerprint density at radius 2 is 1.69 bits per heavy atom. The minimum Gasteiger partial charge on any atom is -0.503 e. The van der Waals surface area contributed by atoms with Crippen LogP contribution in [0.3, 0.4) is 0 Å². The van der Waals surface area contributed by atoms with Crippen molar-refractivity contribution in [1.29, 1.82) is 0 Å². The maximum atomic E-state index is 13.9. The summed E-state index contributed by atoms with van der Waals surface area (Å²) in [5.41, 5.74) is 2.70. The molecule has 1 aromatic heterocycles. The van der Waals surface area contributed by atoms with E-state index < -0.39 is 23.5 Å². The zero-order chi connectivity index (χ0) is 24.5. The largest absolute Gasteiger partial charge is 0.503 e. The highest BCUT2D eigenvalue weighted by molar-refractivity contribution is 7.17. The van der Waals surface area contributed by atoms with Crippen LogP contribution in [0.5, 0.6) is 5.75 Å². The summed E-state index contributed by atoms with van der Waals surface area (Å²) in [7, 11) is 1.55. The lowest BCUT2D eigenvalue weighted by atomic mass is 9.94. The molecule has 0 radical (unpaired) electrons. The summed E-state index contributed by atoms with van der Waals surface area (Å²) >= 11 is 1.25. The molecule has 1 unspecified atom stereocenters. The molecule has 0 bridgehead atoms. The van der Waals surface area contributed by atoms with Crippen LogP contribution in [0.4, 0.5) is 5.69 Å². The number of Topliss-reactive ketones (excluding diaryl/α,β-unsaturated/α-hetero) is 1. The van der Waals surface area contributed by atoms with Gasteiger partial charge in [0.2, 0.25) is 5.78 Å². The average Bonchev–Trinajstić information content (AvgIpc) is 3.42. The summed E-state index contributed by atoms with van der Waals surface area (Å²) in [6, 6.07) is 25.0. The number of aromatic nitrogens is 1. The minimum absolute atomic E-state index is 0.0264. The molecule has 1 amide bonds. The van der Waals surface area contributed by atoms with Gasteiger partial charge in [-0.05, 0) is 36.8 Å². The zero-order valence-electron chi connectivity index (χ0n) is 19.1. The number of carbonyl (C=O) groups is 2. The molecule has 0 fully saturated rings. The normalized spacial score (nSPS) is 15.5. The lowest BCUT2D eigenvalue weighted by molar-refractivity contribution is -0.117. The molecule has 1 N–H and O–H groups in total. The molecule has 0 spiro atoms. The summed E-state index contributed by atoms with van der Waals surface area (Å²) in [5.74, 6) is -1.01. The van der Waals surface area contributed by atoms with Crippen molar-refractivity contribution in [2.45, 2.75) is 13.0 Å². The van der Waals surface area contributed by atoms with Crippen LogP contribution in [-0.2, 0) is 4.79 Å². The van der Waals surface area contributed by atoms with Crippen molar-refractivity contribution in [1.82, 2.24) is 4.98 Å². The van der Waals surface area contributed by atoms with Crippen LogP contribution in [0.1, 0.15) is 27.0 Å². The number of benzene rings is 3. The Kier molecular flexibility index (Phi) is 5.93. The van der Waals surface area contributed by atoms with Crippen LogP contribution < -0.4 is 9.64 Å². The van der Waals surface area contributed by atoms with Gasteiger partial charge in [-0.2, -0.15) is 0 Å². The van der Waals surface area contributed by atoms with Crippen molar-refractivity contribution in [2.75, 3.05) is 12.0 Å². The topological polar surface area (TPSA) is 79.7 Å². The second kappa shape index (κ2) is 9.19. The van der Waals surface area contributed by atoms with Crippen molar-refractivity contribution in [3.05, 3.63) is 112 Å². The molecule has 4 aromatic rings. The van der Waals surface area contributed by atoms with Gasteiger partial charge in [-0.25, -0.2) is 4.98 Å². The van der Waals surface area contributed by atoms with Gasteiger partial charge in [0.25, 0.3) is 5.91 Å². The van der Waals surface area contributed by atoms with Crippen molar-refractivity contribution in [2.24, 2.45) is 0 Å². The molecule has 0 aliphatic carbocycles. The Labute approximate surface area is 206 Å². The summed E-state index contributed by atoms with van der Waals surface area (Å²) in [5, 5.41) is 11.7. The molecule has 2 heterocycles. The molecule has 6 nitrogen and oxygen atoms in total. The Hall–Kier alpha value is -4.23. The molecule has 1 atom stereocenters. The number of aliphatic hydroxyl groups excluding tert-OH is 1. The molecule has 5 rings (SSSR count). The average molecular weight is 483 g/mol. The molecule has 3 aromatic carbocycles. The number of rotatable bonds is 6. The Balaban J connectivity index is 1.64. The van der Waals surface area contributed by atoms with Crippen LogP contribution >= 0.6 is 11.3 Å². The van der Waals surface area contributed by atoms with Crippen LogP contribution in [0.25, 0.3) is 10.6 Å². The number of aryl methyl sites for hydroxylation is 1. The summed E-state index contributed by atoms with van der Waals surface area (Å²) < 4.78 is 5.39. The van der Waals surface area contributed by atoms with Gasteiger partial charge >= 0.3 is 0 Å². The van der Waals surface area contributed by atoms with E-state index in [2.05, 4.69) is 4.98 Å². The number of ether oxygens (including phenoxy) is 1. The fourth-order valence-corrected chi connectivity index (χ4v) is 5.28. The Morgan fingerprint density at radius 3 is 2.37 bits per heavy atom. The van der Waals surface area contributed by atoms with E-state index >= 15 is 0 Å². The van der Waals surface area contributed by atoms with E-state index in [1.807, 2.05) is 54.6 Å². The molecule has 1 aliphatic rings. The van der Waals surface area contributed by atoms with E-state index in [1.54, 1.807) is 44.4 Å². The van der Waals surface area contributed by atoms with E-state index in [1.165, 1.54) is 16.2 Å². The van der Waals surface area contributed by atoms with Crippen LogP contribution in [0.15, 0.2) is 96.3 Å². The molecule has 7 heteroatoms. The van der Waals surface area contributed by atoms with Crippen molar-refractivity contribution < 1.29 is 19.4 Å². The lowest BCUT2D eigenvalue weighted by Crippen LogP contribution is -2.31. The molecule has 0 saturated heterocycles. The number of thiazole rings is 1. The second-order valence-corrected chi connectivity index (χ2v) is 9.08. The van der Waals surface area contributed by atoms with Gasteiger partial charge in [0.1, 0.15) is 10.8 Å². The highest BCUT2D eigenvalue weighted by Crippen LogP contribution is 2.43. The Morgan fingerprint density at radius 1 is 1.00 bits per heavy atom. The third-order valence-corrected chi connectivity index (χ3v) is 7.13. The first-order valence-corrected chi connectivity index (χ1v) is 11.8. The number of nitrogens with zero attached hydrogens (tertiary/aromatic N) is 2. The number of anilines is 1. The van der Waals surface area contributed by atoms with E-state index in [4.69, 9.17) is 4.74 Å². The maximum absolute atomic E-state index is 13.9. The number of carbonyl (C=O) groups excluding carboxylic acids is 2. The minimum atomic E-state index is -0.825. The first-order chi connectivity index (χ1) is 17.0. The summed E-state index contributed by atoms with van der Waals surface area (Å²) in [6.07, 6.45) is 0. The molecule has 0 saturated carbocycles. The quantitative estimate of drug-likeness (QED) is 0.346. The third kappa shape index (κ3) is 4.00. The van der Waals surface area contributed by atoms with Crippen molar-refractivity contribution >= 4 is 28.7 Å². The van der Waals surface area contributed by atoms with E-state index in [0.717, 1.165) is 5.56 Å². The number of hydrogen-bond acceptors (Lipinski definition) is 6. The fourth-order valence-electron chi connectivity index (χ4n) is 4.25. The first-order valence-electron chi connectivity index (χ1n) is 11.0. The zero-order valence-corrected chi connectivity index (χ0v) is 20.0. The molecule has 35 heavy (non-hydrogen) atoms. The number of amides is 1. The summed E-state index contributed by atoms with van der Waals surface area (Å²) in [6.45, 7) is 1.76. The van der Waals surface area contributed by atoms with Gasteiger partial charge in [-0.3, -0.25) is 14.5 Å². The second-order valence-electron chi connectivity index (χ2n) is 8.08. The molecule has 1 aliphatic heterocycles. The van der Waals surface area contributed by atoms with Crippen LogP contribution in [0.2, 0.25) is 0 Å². The SMILES string of the molecule is COc1cccc(C2C(C(=O)c3sc(-c4ccccc4)nc3C)=C(O)C(=O)N2c2ccccc2)c1. The van der Waals surface area contributed by atoms with E-state index in [0.29, 0.717) is 32.6 Å².